The van der Waals surface area contributed by atoms with Crippen LogP contribution in [0.25, 0.3) is 0 Å². The number of halogens is 1. The highest BCUT2D eigenvalue weighted by molar-refractivity contribution is 6.22. The number of carbonyl (C=O) groups excluding carboxylic acids is 3. The first-order valence-corrected chi connectivity index (χ1v) is 8.77. The third kappa shape index (κ3) is 3.74. The lowest BCUT2D eigenvalue weighted by molar-refractivity contribution is -0.150. The van der Waals surface area contributed by atoms with Crippen LogP contribution in [-0.4, -0.2) is 28.7 Å². The number of hydrogen-bond donors (Lipinski definition) is 0. The van der Waals surface area contributed by atoms with E-state index in [4.69, 9.17) is 4.74 Å². The number of rotatable bonds is 6. The topological polar surface area (TPSA) is 63.7 Å². The van der Waals surface area contributed by atoms with Crippen molar-refractivity contribution in [1.82, 2.24) is 4.90 Å². The Balaban J connectivity index is 1.82. The van der Waals surface area contributed by atoms with Gasteiger partial charge in [0.1, 0.15) is 18.5 Å². The molecule has 1 aliphatic rings. The van der Waals surface area contributed by atoms with E-state index in [-0.39, 0.29) is 35.6 Å². The van der Waals surface area contributed by atoms with Crippen molar-refractivity contribution in [2.45, 2.75) is 32.9 Å². The lowest BCUT2D eigenvalue weighted by Gasteiger charge is -2.26. The van der Waals surface area contributed by atoms with Gasteiger partial charge in [0.05, 0.1) is 11.1 Å². The minimum atomic E-state index is -1.05. The highest BCUT2D eigenvalue weighted by Gasteiger charge is 2.43. The largest absolute Gasteiger partial charge is 0.459 e. The van der Waals surface area contributed by atoms with Crippen LogP contribution in [0.4, 0.5) is 4.39 Å². The third-order valence-corrected chi connectivity index (χ3v) is 4.43. The first kappa shape index (κ1) is 18.8. The number of carbonyl (C=O) groups is 3. The summed E-state index contributed by atoms with van der Waals surface area (Å²) in [5.74, 6) is -2.18. The van der Waals surface area contributed by atoms with Crippen molar-refractivity contribution < 1.29 is 23.5 Å². The minimum absolute atomic E-state index is 0.0420. The number of nitrogens with zero attached hydrogens (tertiary/aromatic N) is 1. The molecule has 2 amide bonds. The summed E-state index contributed by atoms with van der Waals surface area (Å²) < 4.78 is 19.0. The molecule has 0 bridgehead atoms. The molecular weight excluding hydrogens is 349 g/mol. The van der Waals surface area contributed by atoms with Crippen LogP contribution in [0.5, 0.6) is 0 Å². The van der Waals surface area contributed by atoms with Gasteiger partial charge in [-0.3, -0.25) is 14.5 Å². The van der Waals surface area contributed by atoms with E-state index < -0.39 is 29.6 Å². The summed E-state index contributed by atoms with van der Waals surface area (Å²) in [7, 11) is 0. The normalized spacial score (nSPS) is 14.4. The number of benzene rings is 2. The Morgan fingerprint density at radius 3 is 2.11 bits per heavy atom. The van der Waals surface area contributed by atoms with Crippen LogP contribution in [-0.2, 0) is 16.1 Å². The van der Waals surface area contributed by atoms with Crippen LogP contribution in [0.2, 0.25) is 0 Å². The molecule has 0 spiro atoms. The molecule has 0 fully saturated rings. The average Bonchev–Trinajstić information content (AvgIpc) is 2.90. The standard InChI is InChI=1S/C21H20FNO4/c1-13(2)11-18(21(26)27-12-14-7-3-6-10-17(14)22)23-19(24)15-8-4-5-9-16(15)20(23)25/h3-10,13,18H,11-12H2,1-2H3. The second-order valence-corrected chi connectivity index (χ2v) is 6.87. The van der Waals surface area contributed by atoms with E-state index in [0.717, 1.165) is 4.90 Å². The van der Waals surface area contributed by atoms with Gasteiger partial charge in [-0.05, 0) is 30.5 Å². The highest BCUT2D eigenvalue weighted by atomic mass is 19.1. The fourth-order valence-electron chi connectivity index (χ4n) is 3.11. The molecule has 1 heterocycles. The third-order valence-electron chi connectivity index (χ3n) is 4.43. The fraction of sp³-hybridized carbons (Fsp3) is 0.286. The number of ether oxygens (including phenoxy) is 1. The van der Waals surface area contributed by atoms with E-state index in [0.29, 0.717) is 0 Å². The van der Waals surface area contributed by atoms with E-state index in [1.165, 1.54) is 12.1 Å². The van der Waals surface area contributed by atoms with Gasteiger partial charge in [0.15, 0.2) is 0 Å². The van der Waals surface area contributed by atoms with E-state index in [1.54, 1.807) is 36.4 Å². The van der Waals surface area contributed by atoms with Crippen molar-refractivity contribution in [3.05, 3.63) is 71.0 Å². The highest BCUT2D eigenvalue weighted by Crippen LogP contribution is 2.27. The zero-order valence-electron chi connectivity index (χ0n) is 15.1. The van der Waals surface area contributed by atoms with Gasteiger partial charge in [0, 0.05) is 5.56 Å². The lowest BCUT2D eigenvalue weighted by atomic mass is 10.0. The minimum Gasteiger partial charge on any atom is -0.459 e. The molecule has 3 rings (SSSR count). The smallest absolute Gasteiger partial charge is 0.329 e. The molecule has 5 nitrogen and oxygen atoms in total. The van der Waals surface area contributed by atoms with Crippen LogP contribution >= 0.6 is 0 Å². The average molecular weight is 369 g/mol. The quantitative estimate of drug-likeness (QED) is 0.577. The number of esters is 1. The first-order valence-electron chi connectivity index (χ1n) is 8.77. The van der Waals surface area contributed by atoms with Gasteiger partial charge in [0.25, 0.3) is 11.8 Å². The predicted molar refractivity (Wildman–Crippen MR) is 96.4 cm³/mol. The zero-order valence-corrected chi connectivity index (χ0v) is 15.1. The summed E-state index contributed by atoms with van der Waals surface area (Å²) in [5, 5.41) is 0. The van der Waals surface area contributed by atoms with E-state index in [2.05, 4.69) is 0 Å². The molecule has 140 valence electrons. The van der Waals surface area contributed by atoms with Gasteiger partial charge in [-0.1, -0.05) is 44.2 Å². The SMILES string of the molecule is CC(C)CC(C(=O)OCc1ccccc1F)N1C(=O)c2ccccc2C1=O. The van der Waals surface area contributed by atoms with Gasteiger partial charge in [-0.15, -0.1) is 0 Å². The second kappa shape index (κ2) is 7.70. The van der Waals surface area contributed by atoms with Crippen molar-refractivity contribution in [2.75, 3.05) is 0 Å². The fourth-order valence-corrected chi connectivity index (χ4v) is 3.11. The lowest BCUT2D eigenvalue weighted by Crippen LogP contribution is -2.46. The predicted octanol–water partition coefficient (Wildman–Crippen LogP) is 3.58. The summed E-state index contributed by atoms with van der Waals surface area (Å²) in [6.45, 7) is 3.51. The van der Waals surface area contributed by atoms with Crippen molar-refractivity contribution in [3.8, 4) is 0 Å². The summed E-state index contributed by atoms with van der Waals surface area (Å²) in [6.07, 6.45) is 0.265. The Morgan fingerprint density at radius 1 is 1.00 bits per heavy atom. The maximum Gasteiger partial charge on any atom is 0.329 e. The molecular formula is C21H20FNO4. The molecule has 0 N–H and O–H groups in total. The number of fused-ring (bicyclic) bond motifs is 1. The van der Waals surface area contributed by atoms with Gasteiger partial charge in [0.2, 0.25) is 0 Å². The zero-order chi connectivity index (χ0) is 19.6. The van der Waals surface area contributed by atoms with Gasteiger partial charge in [-0.25, -0.2) is 9.18 Å². The Morgan fingerprint density at radius 2 is 1.56 bits per heavy atom. The van der Waals surface area contributed by atoms with E-state index in [9.17, 15) is 18.8 Å². The monoisotopic (exact) mass is 369 g/mol. The molecule has 0 saturated heterocycles. The second-order valence-electron chi connectivity index (χ2n) is 6.87. The van der Waals surface area contributed by atoms with Crippen LogP contribution < -0.4 is 0 Å². The number of imide groups is 1. The van der Waals surface area contributed by atoms with Gasteiger partial charge < -0.3 is 4.74 Å². The molecule has 0 radical (unpaired) electrons. The molecule has 0 saturated carbocycles. The molecule has 2 aromatic rings. The number of amides is 2. The van der Waals surface area contributed by atoms with Crippen LogP contribution in [0.15, 0.2) is 48.5 Å². The Bertz CT molecular complexity index is 858. The molecule has 1 aliphatic heterocycles. The summed E-state index contributed by atoms with van der Waals surface area (Å²) in [6, 6.07) is 11.4. The van der Waals surface area contributed by atoms with E-state index >= 15 is 0 Å². The number of hydrogen-bond acceptors (Lipinski definition) is 4. The van der Waals surface area contributed by atoms with Gasteiger partial charge in [-0.2, -0.15) is 0 Å². The van der Waals surface area contributed by atoms with Crippen molar-refractivity contribution in [2.24, 2.45) is 5.92 Å². The Labute approximate surface area is 156 Å². The maximum atomic E-state index is 13.7. The molecule has 6 heteroatoms. The summed E-state index contributed by atoms with van der Waals surface area (Å²) >= 11 is 0. The molecule has 0 aromatic heterocycles. The van der Waals surface area contributed by atoms with E-state index in [1.807, 2.05) is 13.8 Å². The Kier molecular flexibility index (Phi) is 5.35. The Hall–Kier alpha value is -3.02. The van der Waals surface area contributed by atoms with Gasteiger partial charge >= 0.3 is 5.97 Å². The molecule has 0 aliphatic carbocycles. The summed E-state index contributed by atoms with van der Waals surface area (Å²) in [5.41, 5.74) is 0.785. The van der Waals surface area contributed by atoms with Crippen LogP contribution in [0.3, 0.4) is 0 Å². The maximum absolute atomic E-state index is 13.7. The van der Waals surface area contributed by atoms with Crippen molar-refractivity contribution in [1.29, 1.82) is 0 Å². The van der Waals surface area contributed by atoms with Crippen LogP contribution in [0.1, 0.15) is 46.5 Å². The van der Waals surface area contributed by atoms with Crippen LogP contribution in [0, 0.1) is 11.7 Å². The molecule has 27 heavy (non-hydrogen) atoms. The molecule has 1 unspecified atom stereocenters. The van der Waals surface area contributed by atoms with Crippen molar-refractivity contribution in [3.63, 3.8) is 0 Å². The molecule has 1 atom stereocenters. The molecule has 2 aromatic carbocycles. The first-order chi connectivity index (χ1) is 12.9. The van der Waals surface area contributed by atoms with Crippen molar-refractivity contribution >= 4 is 17.8 Å². The summed E-state index contributed by atoms with van der Waals surface area (Å²) in [4.78, 5) is 39.1.